The summed E-state index contributed by atoms with van der Waals surface area (Å²) in [6.45, 7) is 2.96. The van der Waals surface area contributed by atoms with Crippen molar-refractivity contribution in [1.29, 1.82) is 0 Å². The average molecular weight is 320 g/mol. The van der Waals surface area contributed by atoms with Crippen molar-refractivity contribution in [3.05, 3.63) is 38.9 Å². The van der Waals surface area contributed by atoms with Crippen LogP contribution in [0.1, 0.15) is 48.6 Å². The van der Waals surface area contributed by atoms with E-state index < -0.39 is 0 Å². The maximum Gasteiger partial charge on any atom is 0.137 e. The SMILES string of the molecule is Cc1c(Cl)nc(C2CC2)nc1N(Cc1ccsc1)C1CC1. The summed E-state index contributed by atoms with van der Waals surface area (Å²) in [5.41, 5.74) is 2.37. The van der Waals surface area contributed by atoms with Gasteiger partial charge in [0, 0.05) is 24.1 Å². The van der Waals surface area contributed by atoms with E-state index in [1.807, 2.05) is 6.92 Å². The number of halogens is 1. The molecular weight excluding hydrogens is 302 g/mol. The van der Waals surface area contributed by atoms with E-state index in [0.29, 0.717) is 17.1 Å². The van der Waals surface area contributed by atoms with Gasteiger partial charge in [-0.05, 0) is 55.0 Å². The van der Waals surface area contributed by atoms with Crippen molar-refractivity contribution in [1.82, 2.24) is 9.97 Å². The molecule has 110 valence electrons. The Morgan fingerprint density at radius 1 is 1.29 bits per heavy atom. The molecule has 5 heteroatoms. The molecule has 2 aromatic heterocycles. The van der Waals surface area contributed by atoms with Crippen LogP contribution in [0.4, 0.5) is 5.82 Å². The van der Waals surface area contributed by atoms with E-state index >= 15 is 0 Å². The van der Waals surface area contributed by atoms with Crippen LogP contribution in [0.25, 0.3) is 0 Å². The number of anilines is 1. The van der Waals surface area contributed by atoms with Crippen LogP contribution in [-0.4, -0.2) is 16.0 Å². The number of hydrogen-bond donors (Lipinski definition) is 0. The van der Waals surface area contributed by atoms with Crippen LogP contribution in [0, 0.1) is 6.92 Å². The molecule has 0 amide bonds. The predicted molar refractivity (Wildman–Crippen MR) is 87.3 cm³/mol. The zero-order valence-corrected chi connectivity index (χ0v) is 13.6. The Labute approximate surface area is 134 Å². The van der Waals surface area contributed by atoms with Gasteiger partial charge in [-0.25, -0.2) is 9.97 Å². The van der Waals surface area contributed by atoms with E-state index in [9.17, 15) is 0 Å². The zero-order chi connectivity index (χ0) is 14.4. The molecule has 2 aliphatic rings. The Balaban J connectivity index is 1.71. The lowest BCUT2D eigenvalue weighted by molar-refractivity contribution is 0.760. The molecule has 0 radical (unpaired) electrons. The summed E-state index contributed by atoms with van der Waals surface area (Å²) in [6, 6.07) is 2.81. The molecule has 2 heterocycles. The first-order chi connectivity index (χ1) is 10.2. The summed E-state index contributed by atoms with van der Waals surface area (Å²) in [5, 5.41) is 4.98. The van der Waals surface area contributed by atoms with Gasteiger partial charge in [-0.1, -0.05) is 11.6 Å². The van der Waals surface area contributed by atoms with Crippen molar-refractivity contribution in [3.8, 4) is 0 Å². The highest BCUT2D eigenvalue weighted by Gasteiger charge is 2.34. The maximum atomic E-state index is 6.37. The Morgan fingerprint density at radius 3 is 2.71 bits per heavy atom. The van der Waals surface area contributed by atoms with Gasteiger partial charge in [-0.15, -0.1) is 0 Å². The highest BCUT2D eigenvalue weighted by molar-refractivity contribution is 7.07. The van der Waals surface area contributed by atoms with E-state index in [0.717, 1.165) is 23.8 Å². The largest absolute Gasteiger partial charge is 0.349 e. The summed E-state index contributed by atoms with van der Waals surface area (Å²) in [4.78, 5) is 11.8. The van der Waals surface area contributed by atoms with Crippen LogP contribution < -0.4 is 4.90 Å². The number of hydrogen-bond acceptors (Lipinski definition) is 4. The maximum absolute atomic E-state index is 6.37. The summed E-state index contributed by atoms with van der Waals surface area (Å²) >= 11 is 8.11. The Kier molecular flexibility index (Phi) is 3.38. The number of aromatic nitrogens is 2. The van der Waals surface area contributed by atoms with Crippen LogP contribution in [0.5, 0.6) is 0 Å². The van der Waals surface area contributed by atoms with Gasteiger partial charge in [0.1, 0.15) is 16.8 Å². The molecule has 21 heavy (non-hydrogen) atoms. The topological polar surface area (TPSA) is 29.0 Å². The average Bonchev–Trinajstić information content (AvgIpc) is 3.39. The molecule has 0 unspecified atom stereocenters. The second-order valence-electron chi connectivity index (χ2n) is 6.09. The molecule has 4 rings (SSSR count). The smallest absolute Gasteiger partial charge is 0.137 e. The fraction of sp³-hybridized carbons (Fsp3) is 0.500. The number of rotatable bonds is 5. The fourth-order valence-corrected chi connectivity index (χ4v) is 3.47. The van der Waals surface area contributed by atoms with Crippen molar-refractivity contribution in [2.24, 2.45) is 0 Å². The Hall–Kier alpha value is -1.13. The highest BCUT2D eigenvalue weighted by atomic mass is 35.5. The summed E-state index contributed by atoms with van der Waals surface area (Å²) in [5.74, 6) is 2.52. The molecule has 2 saturated carbocycles. The molecular formula is C16H18ClN3S. The van der Waals surface area contributed by atoms with E-state index in [4.69, 9.17) is 16.6 Å². The van der Waals surface area contributed by atoms with E-state index in [2.05, 4.69) is 26.7 Å². The summed E-state index contributed by atoms with van der Waals surface area (Å²) in [7, 11) is 0. The quantitative estimate of drug-likeness (QED) is 0.757. The van der Waals surface area contributed by atoms with Crippen molar-refractivity contribution in [3.63, 3.8) is 0 Å². The minimum Gasteiger partial charge on any atom is -0.349 e. The van der Waals surface area contributed by atoms with Gasteiger partial charge >= 0.3 is 0 Å². The van der Waals surface area contributed by atoms with Crippen LogP contribution in [-0.2, 0) is 6.54 Å². The third-order valence-electron chi connectivity index (χ3n) is 4.21. The lowest BCUT2D eigenvalue weighted by atomic mass is 10.2. The van der Waals surface area contributed by atoms with Crippen molar-refractivity contribution < 1.29 is 0 Å². The van der Waals surface area contributed by atoms with E-state index in [1.165, 1.54) is 31.2 Å². The van der Waals surface area contributed by atoms with Crippen LogP contribution in [0.15, 0.2) is 16.8 Å². The van der Waals surface area contributed by atoms with Gasteiger partial charge in [-0.3, -0.25) is 0 Å². The van der Waals surface area contributed by atoms with E-state index in [-0.39, 0.29) is 0 Å². The normalized spacial score (nSPS) is 18.0. The van der Waals surface area contributed by atoms with Gasteiger partial charge in [0.25, 0.3) is 0 Å². The van der Waals surface area contributed by atoms with Crippen molar-refractivity contribution >= 4 is 28.8 Å². The summed E-state index contributed by atoms with van der Waals surface area (Å²) in [6.07, 6.45) is 4.91. The van der Waals surface area contributed by atoms with Gasteiger partial charge in [0.15, 0.2) is 0 Å². The molecule has 3 nitrogen and oxygen atoms in total. The number of thiophene rings is 1. The highest BCUT2D eigenvalue weighted by Crippen LogP contribution is 2.41. The minimum absolute atomic E-state index is 0.532. The molecule has 0 saturated heterocycles. The van der Waals surface area contributed by atoms with Gasteiger partial charge < -0.3 is 4.90 Å². The molecule has 0 N–H and O–H groups in total. The lowest BCUT2D eigenvalue weighted by Gasteiger charge is -2.25. The van der Waals surface area contributed by atoms with Gasteiger partial charge in [-0.2, -0.15) is 11.3 Å². The molecule has 2 fully saturated rings. The second-order valence-corrected chi connectivity index (χ2v) is 7.22. The van der Waals surface area contributed by atoms with Crippen LogP contribution >= 0.6 is 22.9 Å². The van der Waals surface area contributed by atoms with Crippen LogP contribution in [0.2, 0.25) is 5.15 Å². The Morgan fingerprint density at radius 2 is 2.10 bits per heavy atom. The van der Waals surface area contributed by atoms with E-state index in [1.54, 1.807) is 11.3 Å². The molecule has 0 bridgehead atoms. The van der Waals surface area contributed by atoms with Crippen molar-refractivity contribution in [2.75, 3.05) is 4.90 Å². The minimum atomic E-state index is 0.532. The standard InChI is InChI=1S/C16H18ClN3S/c1-10-14(17)18-15(12-2-3-12)19-16(10)20(13-4-5-13)8-11-6-7-21-9-11/h6-7,9,12-13H,2-5,8H2,1H3. The molecule has 2 aliphatic carbocycles. The first kappa shape index (κ1) is 13.5. The Bertz CT molecular complexity index is 648. The second kappa shape index (κ2) is 5.25. The predicted octanol–water partition coefficient (Wildman–Crippen LogP) is 4.55. The van der Waals surface area contributed by atoms with Gasteiger partial charge in [0.2, 0.25) is 0 Å². The monoisotopic (exact) mass is 319 g/mol. The molecule has 0 aromatic carbocycles. The fourth-order valence-electron chi connectivity index (χ4n) is 2.64. The first-order valence-electron chi connectivity index (χ1n) is 7.54. The zero-order valence-electron chi connectivity index (χ0n) is 12.1. The third kappa shape index (κ3) is 2.79. The molecule has 2 aromatic rings. The third-order valence-corrected chi connectivity index (χ3v) is 5.31. The van der Waals surface area contributed by atoms with Gasteiger partial charge in [0.05, 0.1) is 0 Å². The molecule has 0 spiro atoms. The first-order valence-corrected chi connectivity index (χ1v) is 8.86. The van der Waals surface area contributed by atoms with Crippen molar-refractivity contribution in [2.45, 2.75) is 51.1 Å². The summed E-state index contributed by atoms with van der Waals surface area (Å²) < 4.78 is 0. The molecule has 0 aliphatic heterocycles. The molecule has 0 atom stereocenters. The van der Waals surface area contributed by atoms with Crippen LogP contribution in [0.3, 0.4) is 0 Å². The number of nitrogens with zero attached hydrogens (tertiary/aromatic N) is 3. The lowest BCUT2D eigenvalue weighted by Crippen LogP contribution is -2.27.